The molecule has 0 bridgehead atoms. The zero-order chi connectivity index (χ0) is 12.0. The molecule has 3 rings (SSSR count). The van der Waals surface area contributed by atoms with Gasteiger partial charge in [-0.1, -0.05) is 6.07 Å². The number of carboxylic acids is 1. The van der Waals surface area contributed by atoms with Crippen LogP contribution in [0.4, 0.5) is 10.1 Å². The summed E-state index contributed by atoms with van der Waals surface area (Å²) < 4.78 is 13.9. The van der Waals surface area contributed by atoms with Crippen LogP contribution < -0.4 is 10.2 Å². The average molecular weight is 236 g/mol. The number of halogens is 1. The van der Waals surface area contributed by atoms with Crippen molar-refractivity contribution in [3.63, 3.8) is 0 Å². The van der Waals surface area contributed by atoms with E-state index >= 15 is 0 Å². The molecule has 0 aliphatic carbocycles. The lowest BCUT2D eigenvalue weighted by Gasteiger charge is -2.57. The number of hydrogen-bond acceptors (Lipinski definition) is 3. The summed E-state index contributed by atoms with van der Waals surface area (Å²) in [5.41, 5.74) is 0.448. The van der Waals surface area contributed by atoms with Crippen molar-refractivity contribution in [1.82, 2.24) is 5.32 Å². The van der Waals surface area contributed by atoms with Gasteiger partial charge in [-0.2, -0.15) is 0 Å². The van der Waals surface area contributed by atoms with Crippen LogP contribution in [0.2, 0.25) is 0 Å². The van der Waals surface area contributed by atoms with Crippen LogP contribution in [0.25, 0.3) is 0 Å². The second-order valence-corrected chi connectivity index (χ2v) is 4.90. The van der Waals surface area contributed by atoms with E-state index in [0.29, 0.717) is 11.1 Å². The van der Waals surface area contributed by atoms with Gasteiger partial charge < -0.3 is 15.3 Å². The first kappa shape index (κ1) is 10.5. The van der Waals surface area contributed by atoms with Crippen LogP contribution in [-0.2, 0) is 0 Å². The van der Waals surface area contributed by atoms with Gasteiger partial charge in [0.05, 0.1) is 11.3 Å². The number of anilines is 1. The van der Waals surface area contributed by atoms with E-state index in [1.54, 1.807) is 12.1 Å². The third kappa shape index (κ3) is 1.50. The third-order valence-corrected chi connectivity index (χ3v) is 3.60. The van der Waals surface area contributed by atoms with Gasteiger partial charge in [-0.3, -0.25) is 0 Å². The Kier molecular flexibility index (Phi) is 2.13. The highest BCUT2D eigenvalue weighted by Gasteiger charge is 2.48. The molecule has 90 valence electrons. The van der Waals surface area contributed by atoms with Gasteiger partial charge in [-0.05, 0) is 12.1 Å². The van der Waals surface area contributed by atoms with Gasteiger partial charge in [-0.15, -0.1) is 0 Å². The summed E-state index contributed by atoms with van der Waals surface area (Å²) in [4.78, 5) is 12.7. The maximum Gasteiger partial charge on any atom is 0.338 e. The number of benzene rings is 1. The van der Waals surface area contributed by atoms with Crippen molar-refractivity contribution in [3.8, 4) is 0 Å². The Morgan fingerprint density at radius 3 is 2.65 bits per heavy atom. The Labute approximate surface area is 98.0 Å². The number of aromatic carboxylic acids is 1. The Morgan fingerprint density at radius 2 is 2.12 bits per heavy atom. The second-order valence-electron chi connectivity index (χ2n) is 4.90. The van der Waals surface area contributed by atoms with Gasteiger partial charge in [0, 0.05) is 31.6 Å². The normalized spacial score (nSPS) is 20.9. The number of carboxylic acid groups (broad SMARTS) is 1. The Morgan fingerprint density at radius 1 is 1.41 bits per heavy atom. The molecule has 4 nitrogen and oxygen atoms in total. The largest absolute Gasteiger partial charge is 0.478 e. The first-order valence-corrected chi connectivity index (χ1v) is 5.59. The minimum Gasteiger partial charge on any atom is -0.478 e. The van der Waals surface area contributed by atoms with E-state index in [2.05, 4.69) is 5.32 Å². The molecule has 0 amide bonds. The molecule has 1 aromatic rings. The van der Waals surface area contributed by atoms with Crippen molar-refractivity contribution < 1.29 is 14.3 Å². The molecule has 2 N–H and O–H groups in total. The van der Waals surface area contributed by atoms with E-state index in [4.69, 9.17) is 5.11 Å². The molecule has 0 atom stereocenters. The zero-order valence-electron chi connectivity index (χ0n) is 9.24. The molecule has 0 saturated carbocycles. The molecule has 2 aliphatic rings. The van der Waals surface area contributed by atoms with Crippen LogP contribution in [0, 0.1) is 11.2 Å². The lowest BCUT2D eigenvalue weighted by molar-refractivity contribution is 0.0691. The highest BCUT2D eigenvalue weighted by atomic mass is 19.1. The van der Waals surface area contributed by atoms with Crippen LogP contribution in [0.3, 0.4) is 0 Å². The SMILES string of the molecule is O=C(O)c1cccc(N2CC3(CNC3)C2)c1F. The molecule has 1 aromatic carbocycles. The summed E-state index contributed by atoms with van der Waals surface area (Å²) in [7, 11) is 0. The van der Waals surface area contributed by atoms with Crippen LogP contribution in [0.15, 0.2) is 18.2 Å². The smallest absolute Gasteiger partial charge is 0.338 e. The van der Waals surface area contributed by atoms with Gasteiger partial charge in [0.25, 0.3) is 0 Å². The Hall–Kier alpha value is -1.62. The average Bonchev–Trinajstić information content (AvgIpc) is 2.15. The molecule has 0 aromatic heterocycles. The highest BCUT2D eigenvalue weighted by molar-refractivity contribution is 5.89. The van der Waals surface area contributed by atoms with Crippen LogP contribution in [0.5, 0.6) is 0 Å². The molecular formula is C12H13FN2O2. The predicted molar refractivity (Wildman–Crippen MR) is 60.9 cm³/mol. The van der Waals surface area contributed by atoms with E-state index in [9.17, 15) is 9.18 Å². The van der Waals surface area contributed by atoms with Crippen molar-refractivity contribution in [1.29, 1.82) is 0 Å². The molecule has 17 heavy (non-hydrogen) atoms. The lowest BCUT2D eigenvalue weighted by atomic mass is 9.74. The van der Waals surface area contributed by atoms with Crippen molar-refractivity contribution >= 4 is 11.7 Å². The Balaban J connectivity index is 1.84. The summed E-state index contributed by atoms with van der Waals surface area (Å²) in [5.74, 6) is -1.84. The lowest BCUT2D eigenvalue weighted by Crippen LogP contribution is -2.71. The quantitative estimate of drug-likeness (QED) is 0.802. The third-order valence-electron chi connectivity index (χ3n) is 3.60. The molecule has 1 spiro atoms. The van der Waals surface area contributed by atoms with Crippen molar-refractivity contribution in [3.05, 3.63) is 29.6 Å². The van der Waals surface area contributed by atoms with E-state index in [-0.39, 0.29) is 5.56 Å². The topological polar surface area (TPSA) is 52.6 Å². The van der Waals surface area contributed by atoms with Crippen LogP contribution in [-0.4, -0.2) is 37.3 Å². The Bertz CT molecular complexity index is 477. The van der Waals surface area contributed by atoms with E-state index in [1.807, 2.05) is 4.90 Å². The molecule has 0 unspecified atom stereocenters. The minimum absolute atomic E-state index is 0.254. The van der Waals surface area contributed by atoms with E-state index < -0.39 is 11.8 Å². The number of hydrogen-bond donors (Lipinski definition) is 2. The number of rotatable bonds is 2. The molecule has 2 heterocycles. The minimum atomic E-state index is -1.22. The summed E-state index contributed by atoms with van der Waals surface area (Å²) >= 11 is 0. The molecular weight excluding hydrogens is 223 g/mol. The number of nitrogens with one attached hydrogen (secondary N) is 1. The summed E-state index contributed by atoms with van der Waals surface area (Å²) in [6, 6.07) is 4.52. The fraction of sp³-hybridized carbons (Fsp3) is 0.417. The van der Waals surface area contributed by atoms with Crippen molar-refractivity contribution in [2.24, 2.45) is 5.41 Å². The maximum atomic E-state index is 13.9. The fourth-order valence-corrected chi connectivity index (χ4v) is 2.57. The van der Waals surface area contributed by atoms with Gasteiger partial charge >= 0.3 is 5.97 Å². The molecule has 2 saturated heterocycles. The molecule has 0 radical (unpaired) electrons. The molecule has 2 aliphatic heterocycles. The number of carbonyl (C=O) groups is 1. The summed E-state index contributed by atoms with van der Waals surface area (Å²) in [6.07, 6.45) is 0. The van der Waals surface area contributed by atoms with Gasteiger partial charge in [0.1, 0.15) is 0 Å². The number of nitrogens with zero attached hydrogens (tertiary/aromatic N) is 1. The first-order chi connectivity index (χ1) is 8.11. The zero-order valence-corrected chi connectivity index (χ0v) is 9.24. The monoisotopic (exact) mass is 236 g/mol. The summed E-state index contributed by atoms with van der Waals surface area (Å²) in [6.45, 7) is 3.56. The molecule has 2 fully saturated rings. The van der Waals surface area contributed by atoms with Crippen molar-refractivity contribution in [2.75, 3.05) is 31.1 Å². The molecule has 5 heteroatoms. The predicted octanol–water partition coefficient (Wildman–Crippen LogP) is 0.933. The fourth-order valence-electron chi connectivity index (χ4n) is 2.57. The summed E-state index contributed by atoms with van der Waals surface area (Å²) in [5, 5.41) is 12.1. The highest BCUT2D eigenvalue weighted by Crippen LogP contribution is 2.38. The second kappa shape index (κ2) is 3.43. The maximum absolute atomic E-state index is 13.9. The van der Waals surface area contributed by atoms with Gasteiger partial charge in [0.2, 0.25) is 0 Å². The van der Waals surface area contributed by atoms with Gasteiger partial charge in [0.15, 0.2) is 5.82 Å². The van der Waals surface area contributed by atoms with Crippen molar-refractivity contribution in [2.45, 2.75) is 0 Å². The van der Waals surface area contributed by atoms with Gasteiger partial charge in [-0.25, -0.2) is 9.18 Å². The van der Waals surface area contributed by atoms with Crippen LogP contribution in [0.1, 0.15) is 10.4 Å². The standard InChI is InChI=1S/C12H13FN2O2/c13-10-8(11(16)17)2-1-3-9(10)15-6-12(7-15)4-14-5-12/h1-3,14H,4-7H2,(H,16,17). The van der Waals surface area contributed by atoms with E-state index in [0.717, 1.165) is 26.2 Å². The first-order valence-electron chi connectivity index (χ1n) is 5.59. The van der Waals surface area contributed by atoms with Crippen LogP contribution >= 0.6 is 0 Å². The van der Waals surface area contributed by atoms with E-state index in [1.165, 1.54) is 6.07 Å².